The number of carbonyl (C=O) groups is 1. The van der Waals surface area contributed by atoms with Crippen LogP contribution in [0.25, 0.3) is 0 Å². The second-order valence-electron chi connectivity index (χ2n) is 3.93. The highest BCUT2D eigenvalue weighted by Crippen LogP contribution is 2.18. The lowest BCUT2D eigenvalue weighted by Crippen LogP contribution is -2.23. The second kappa shape index (κ2) is 5.43. The van der Waals surface area contributed by atoms with Crippen LogP contribution in [0.3, 0.4) is 0 Å². The fourth-order valence-electron chi connectivity index (χ4n) is 1.39. The molecule has 0 radical (unpaired) electrons. The molecule has 0 saturated carbocycles. The van der Waals surface area contributed by atoms with Crippen LogP contribution in [0.2, 0.25) is 0 Å². The quantitative estimate of drug-likeness (QED) is 0.890. The molecule has 1 unspecified atom stereocenters. The number of aliphatic carboxylic acids is 1. The monoisotopic (exact) mass is 278 g/mol. The largest absolute Gasteiger partial charge is 0.481 e. The average molecular weight is 278 g/mol. The summed E-state index contributed by atoms with van der Waals surface area (Å²) in [4.78, 5) is 10.4. The molecule has 100 valence electrons. The average Bonchev–Trinajstić information content (AvgIpc) is 2.23. The lowest BCUT2D eigenvalue weighted by Gasteiger charge is -2.11. The van der Waals surface area contributed by atoms with Gasteiger partial charge in [-0.2, -0.15) is 0 Å². The number of carboxylic acids is 1. The first-order chi connectivity index (χ1) is 8.24. The molecule has 1 rings (SSSR count). The smallest absolute Gasteiger partial charge is 0.304 e. The zero-order chi connectivity index (χ0) is 13.9. The minimum absolute atomic E-state index is 0.299. The van der Waals surface area contributed by atoms with E-state index in [1.54, 1.807) is 0 Å². The molecule has 0 aliphatic heterocycles. The molecule has 1 aromatic rings. The summed E-state index contributed by atoms with van der Waals surface area (Å²) in [6, 6.07) is 3.24. The third kappa shape index (κ3) is 3.49. The van der Waals surface area contributed by atoms with E-state index in [9.17, 15) is 22.0 Å². The van der Waals surface area contributed by atoms with Gasteiger partial charge in [-0.1, -0.05) is 12.1 Å². The molecule has 1 atom stereocenters. The molecule has 0 bridgehead atoms. The van der Waals surface area contributed by atoms with Crippen molar-refractivity contribution in [2.24, 2.45) is 0 Å². The number of carboxylic acid groups (broad SMARTS) is 1. The molecule has 1 aromatic carbocycles. The number of sulfone groups is 1. The molecule has 0 aliphatic carbocycles. The van der Waals surface area contributed by atoms with Crippen molar-refractivity contribution in [2.75, 3.05) is 0 Å². The Labute approximate surface area is 103 Å². The van der Waals surface area contributed by atoms with Gasteiger partial charge in [-0.25, -0.2) is 17.2 Å². The standard InChI is InChI=1S/C11H12F2O4S/c1-7(5-10(14)15)18(16,17)6-8-3-2-4-9(12)11(8)13/h2-4,7H,5-6H2,1H3,(H,14,15). The summed E-state index contributed by atoms with van der Waals surface area (Å²) in [7, 11) is -3.84. The van der Waals surface area contributed by atoms with Crippen LogP contribution in [0.1, 0.15) is 18.9 Å². The Morgan fingerprint density at radius 2 is 2.00 bits per heavy atom. The highest BCUT2D eigenvalue weighted by Gasteiger charge is 2.25. The maximum atomic E-state index is 13.3. The van der Waals surface area contributed by atoms with Gasteiger partial charge in [0.15, 0.2) is 21.5 Å². The van der Waals surface area contributed by atoms with Crippen LogP contribution < -0.4 is 0 Å². The molecular formula is C11H12F2O4S. The Hall–Kier alpha value is -1.50. The molecule has 7 heteroatoms. The summed E-state index contributed by atoms with van der Waals surface area (Å²) < 4.78 is 49.7. The fourth-order valence-corrected chi connectivity index (χ4v) is 2.73. The van der Waals surface area contributed by atoms with Gasteiger partial charge < -0.3 is 5.11 Å². The molecule has 0 heterocycles. The molecule has 0 saturated heterocycles. The van der Waals surface area contributed by atoms with Crippen LogP contribution in [0.5, 0.6) is 0 Å². The molecule has 4 nitrogen and oxygen atoms in total. The van der Waals surface area contributed by atoms with E-state index in [4.69, 9.17) is 5.11 Å². The SMILES string of the molecule is CC(CC(=O)O)S(=O)(=O)Cc1cccc(F)c1F. The maximum absolute atomic E-state index is 13.3. The van der Waals surface area contributed by atoms with Gasteiger partial charge in [-0.05, 0) is 13.0 Å². The Bertz CT molecular complexity index is 554. The van der Waals surface area contributed by atoms with E-state index >= 15 is 0 Å². The third-order valence-corrected chi connectivity index (χ3v) is 4.57. The first-order valence-corrected chi connectivity index (χ1v) is 6.82. The zero-order valence-corrected chi connectivity index (χ0v) is 10.4. The summed E-state index contributed by atoms with van der Waals surface area (Å²) in [5.41, 5.74) is -0.299. The number of rotatable bonds is 5. The highest BCUT2D eigenvalue weighted by molar-refractivity contribution is 7.91. The van der Waals surface area contributed by atoms with E-state index < -0.39 is 44.9 Å². The second-order valence-corrected chi connectivity index (χ2v) is 6.35. The van der Waals surface area contributed by atoms with Crippen molar-refractivity contribution >= 4 is 15.8 Å². The van der Waals surface area contributed by atoms with Gasteiger partial charge in [0.1, 0.15) is 0 Å². The molecule has 18 heavy (non-hydrogen) atoms. The van der Waals surface area contributed by atoms with Gasteiger partial charge >= 0.3 is 5.97 Å². The summed E-state index contributed by atoms with van der Waals surface area (Å²) >= 11 is 0. The van der Waals surface area contributed by atoms with Crippen molar-refractivity contribution in [1.29, 1.82) is 0 Å². The zero-order valence-electron chi connectivity index (χ0n) is 9.56. The van der Waals surface area contributed by atoms with Gasteiger partial charge in [-0.15, -0.1) is 0 Å². The van der Waals surface area contributed by atoms with Crippen molar-refractivity contribution < 1.29 is 27.1 Å². The molecule has 1 N–H and O–H groups in total. The number of hydrogen-bond donors (Lipinski definition) is 1. The molecule has 0 aliphatic rings. The van der Waals surface area contributed by atoms with Crippen molar-refractivity contribution in [3.8, 4) is 0 Å². The molecule has 0 spiro atoms. The van der Waals surface area contributed by atoms with E-state index in [1.165, 1.54) is 13.0 Å². The van der Waals surface area contributed by atoms with E-state index in [1.807, 2.05) is 0 Å². The first kappa shape index (κ1) is 14.6. The lowest BCUT2D eigenvalue weighted by molar-refractivity contribution is -0.136. The normalized spacial score (nSPS) is 13.3. The predicted molar refractivity (Wildman–Crippen MR) is 60.7 cm³/mol. The van der Waals surface area contributed by atoms with Crippen LogP contribution in [-0.2, 0) is 20.4 Å². The first-order valence-electron chi connectivity index (χ1n) is 5.10. The van der Waals surface area contributed by atoms with Crippen molar-refractivity contribution in [3.05, 3.63) is 35.4 Å². The Kier molecular flexibility index (Phi) is 4.39. The topological polar surface area (TPSA) is 71.4 Å². The van der Waals surface area contributed by atoms with E-state index in [0.29, 0.717) is 0 Å². The van der Waals surface area contributed by atoms with E-state index in [0.717, 1.165) is 12.1 Å². The molecule has 0 aromatic heterocycles. The maximum Gasteiger partial charge on any atom is 0.304 e. The van der Waals surface area contributed by atoms with Gasteiger partial charge in [0.25, 0.3) is 0 Å². The predicted octanol–water partition coefficient (Wildman–Crippen LogP) is 1.74. The van der Waals surface area contributed by atoms with Gasteiger partial charge in [-0.3, -0.25) is 4.79 Å². The minimum Gasteiger partial charge on any atom is -0.481 e. The van der Waals surface area contributed by atoms with E-state index in [-0.39, 0.29) is 5.56 Å². The summed E-state index contributed by atoms with van der Waals surface area (Å²) in [5, 5.41) is 7.36. The lowest BCUT2D eigenvalue weighted by atomic mass is 10.2. The fraction of sp³-hybridized carbons (Fsp3) is 0.364. The molecular weight excluding hydrogens is 266 g/mol. The number of hydrogen-bond acceptors (Lipinski definition) is 3. The minimum atomic E-state index is -3.84. The summed E-state index contributed by atoms with van der Waals surface area (Å²) in [6.45, 7) is 1.22. The van der Waals surface area contributed by atoms with Crippen molar-refractivity contribution in [1.82, 2.24) is 0 Å². The Morgan fingerprint density at radius 1 is 1.39 bits per heavy atom. The van der Waals surface area contributed by atoms with Crippen LogP contribution in [-0.4, -0.2) is 24.7 Å². The van der Waals surface area contributed by atoms with Crippen molar-refractivity contribution in [2.45, 2.75) is 24.3 Å². The Morgan fingerprint density at radius 3 is 2.56 bits per heavy atom. The third-order valence-electron chi connectivity index (χ3n) is 2.46. The van der Waals surface area contributed by atoms with Crippen molar-refractivity contribution in [3.63, 3.8) is 0 Å². The van der Waals surface area contributed by atoms with Gasteiger partial charge in [0.05, 0.1) is 17.4 Å². The number of benzene rings is 1. The van der Waals surface area contributed by atoms with Gasteiger partial charge in [0.2, 0.25) is 0 Å². The van der Waals surface area contributed by atoms with Crippen LogP contribution >= 0.6 is 0 Å². The Balaban J connectivity index is 2.96. The van der Waals surface area contributed by atoms with E-state index in [2.05, 4.69) is 0 Å². The van der Waals surface area contributed by atoms with Gasteiger partial charge in [0, 0.05) is 5.56 Å². The summed E-state index contributed by atoms with van der Waals surface area (Å²) in [5.74, 6) is -4.33. The molecule has 0 amide bonds. The van der Waals surface area contributed by atoms with Crippen LogP contribution in [0.15, 0.2) is 18.2 Å². The highest BCUT2D eigenvalue weighted by atomic mass is 32.2. The molecule has 0 fully saturated rings. The van der Waals surface area contributed by atoms with Crippen LogP contribution in [0.4, 0.5) is 8.78 Å². The number of halogens is 2. The summed E-state index contributed by atoms with van der Waals surface area (Å²) in [6.07, 6.45) is -0.570. The van der Waals surface area contributed by atoms with Crippen LogP contribution in [0, 0.1) is 11.6 Å².